The molecule has 1 rings (SSSR count). The van der Waals surface area contributed by atoms with E-state index in [1.807, 2.05) is 4.57 Å². The van der Waals surface area contributed by atoms with Crippen molar-refractivity contribution < 1.29 is 14.6 Å². The molecule has 6 nitrogen and oxygen atoms in total. The maximum atomic E-state index is 11.2. The van der Waals surface area contributed by atoms with Gasteiger partial charge in [0.2, 0.25) is 0 Å². The van der Waals surface area contributed by atoms with Gasteiger partial charge in [0.25, 0.3) is 5.56 Å². The van der Waals surface area contributed by atoms with Gasteiger partial charge in [-0.05, 0) is 0 Å². The van der Waals surface area contributed by atoms with Crippen molar-refractivity contribution >= 4 is 11.8 Å². The number of hydrogen-bond acceptors (Lipinski definition) is 6. The van der Waals surface area contributed by atoms with Gasteiger partial charge in [-0.1, -0.05) is 11.8 Å². The van der Waals surface area contributed by atoms with Crippen molar-refractivity contribution in [1.82, 2.24) is 9.55 Å². The van der Waals surface area contributed by atoms with E-state index in [0.717, 1.165) is 5.75 Å². The van der Waals surface area contributed by atoms with Crippen LogP contribution in [0.2, 0.25) is 0 Å². The zero-order valence-corrected chi connectivity index (χ0v) is 11.2. The Hall–Kier alpha value is -0.890. The van der Waals surface area contributed by atoms with Crippen LogP contribution in [-0.4, -0.2) is 53.9 Å². The quantitative estimate of drug-likeness (QED) is 0.388. The highest BCUT2D eigenvalue weighted by molar-refractivity contribution is 7.99. The number of aliphatic hydroxyl groups is 1. The second-order valence-corrected chi connectivity index (χ2v) is 4.48. The highest BCUT2D eigenvalue weighted by Crippen LogP contribution is 2.13. The third-order valence-corrected chi connectivity index (χ3v) is 3.03. The Balaban J connectivity index is 2.55. The summed E-state index contributed by atoms with van der Waals surface area (Å²) in [7, 11) is 1.63. The first kappa shape index (κ1) is 15.2. The van der Waals surface area contributed by atoms with Crippen molar-refractivity contribution in [3.05, 3.63) is 22.6 Å². The third kappa shape index (κ3) is 5.63. The van der Waals surface area contributed by atoms with Crippen molar-refractivity contribution in [3.63, 3.8) is 0 Å². The summed E-state index contributed by atoms with van der Waals surface area (Å²) < 4.78 is 12.0. The lowest BCUT2D eigenvalue weighted by atomic mass is 10.6. The van der Waals surface area contributed by atoms with E-state index >= 15 is 0 Å². The molecule has 0 saturated heterocycles. The molecule has 1 aromatic rings. The number of rotatable bonds is 9. The normalized spacial score (nSPS) is 10.8. The van der Waals surface area contributed by atoms with E-state index in [-0.39, 0.29) is 12.2 Å². The van der Waals surface area contributed by atoms with Gasteiger partial charge in [0.1, 0.15) is 0 Å². The number of aromatic nitrogens is 2. The minimum absolute atomic E-state index is 0.0118. The van der Waals surface area contributed by atoms with Gasteiger partial charge in [0.05, 0.1) is 26.4 Å². The fourth-order valence-corrected chi connectivity index (χ4v) is 2.15. The van der Waals surface area contributed by atoms with Crippen molar-refractivity contribution in [2.24, 2.45) is 0 Å². The Morgan fingerprint density at radius 1 is 1.44 bits per heavy atom. The summed E-state index contributed by atoms with van der Waals surface area (Å²) in [5.74, 6) is 0.741. The number of aliphatic hydroxyl groups excluding tert-OH is 1. The third-order valence-electron chi connectivity index (χ3n) is 2.08. The van der Waals surface area contributed by atoms with Gasteiger partial charge in [-0.25, -0.2) is 0 Å². The van der Waals surface area contributed by atoms with Crippen molar-refractivity contribution in [3.8, 4) is 0 Å². The molecule has 1 aromatic heterocycles. The molecule has 18 heavy (non-hydrogen) atoms. The highest BCUT2D eigenvalue weighted by Gasteiger charge is 2.03. The van der Waals surface area contributed by atoms with Crippen LogP contribution in [0.5, 0.6) is 0 Å². The molecule has 102 valence electrons. The molecule has 0 unspecified atom stereocenters. The first-order chi connectivity index (χ1) is 8.77. The number of methoxy groups -OCH3 is 1. The largest absolute Gasteiger partial charge is 0.394 e. The highest BCUT2D eigenvalue weighted by atomic mass is 32.2. The van der Waals surface area contributed by atoms with Gasteiger partial charge in [0.15, 0.2) is 5.16 Å². The molecule has 1 N–H and O–H groups in total. The second-order valence-electron chi connectivity index (χ2n) is 3.42. The Morgan fingerprint density at radius 3 is 3.00 bits per heavy atom. The minimum Gasteiger partial charge on any atom is -0.394 e. The Morgan fingerprint density at radius 2 is 2.28 bits per heavy atom. The lowest BCUT2D eigenvalue weighted by molar-refractivity contribution is 0.0856. The molecule has 0 fully saturated rings. The summed E-state index contributed by atoms with van der Waals surface area (Å²) in [5, 5.41) is 9.25. The predicted octanol–water partition coefficient (Wildman–Crippen LogP) is -0.00930. The molecular formula is C11H18N2O4S. The number of nitrogens with zero attached hydrogens (tertiary/aromatic N) is 2. The van der Waals surface area contributed by atoms with Crippen LogP contribution in [0, 0.1) is 0 Å². The summed E-state index contributed by atoms with van der Waals surface area (Å²) in [6, 6.07) is 1.42. The van der Waals surface area contributed by atoms with Crippen LogP contribution >= 0.6 is 11.8 Å². The van der Waals surface area contributed by atoms with E-state index in [1.54, 1.807) is 13.3 Å². The molecule has 0 aliphatic carbocycles. The van der Waals surface area contributed by atoms with E-state index < -0.39 is 0 Å². The fourth-order valence-electron chi connectivity index (χ4n) is 1.24. The van der Waals surface area contributed by atoms with Crippen molar-refractivity contribution in [2.75, 3.05) is 39.3 Å². The Bertz CT molecular complexity index is 397. The number of thioether (sulfide) groups is 1. The van der Waals surface area contributed by atoms with Crippen LogP contribution in [0.15, 0.2) is 22.2 Å². The molecule has 0 aliphatic rings. The average molecular weight is 274 g/mol. The summed E-state index contributed by atoms with van der Waals surface area (Å²) in [4.78, 5) is 15.2. The molecule has 0 spiro atoms. The average Bonchev–Trinajstić information content (AvgIpc) is 2.37. The smallest absolute Gasteiger partial charge is 0.273 e. The van der Waals surface area contributed by atoms with Gasteiger partial charge in [-0.2, -0.15) is 4.98 Å². The second kappa shape index (κ2) is 9.09. The SMILES string of the molecule is COCCSc1nc(=O)ccn1CCOCCO. The van der Waals surface area contributed by atoms with Crippen LogP contribution in [0.3, 0.4) is 0 Å². The molecule has 0 aromatic carbocycles. The first-order valence-electron chi connectivity index (χ1n) is 5.65. The molecule has 1 heterocycles. The van der Waals surface area contributed by atoms with E-state index in [0.29, 0.717) is 31.5 Å². The van der Waals surface area contributed by atoms with Gasteiger partial charge in [-0.3, -0.25) is 4.79 Å². The maximum absolute atomic E-state index is 11.2. The van der Waals surface area contributed by atoms with E-state index in [2.05, 4.69) is 4.98 Å². The summed E-state index contributed by atoms with van der Waals surface area (Å²) in [5.41, 5.74) is -0.248. The van der Waals surface area contributed by atoms with Crippen LogP contribution < -0.4 is 5.56 Å². The Kier molecular flexibility index (Phi) is 7.66. The zero-order chi connectivity index (χ0) is 13.2. The van der Waals surface area contributed by atoms with Crippen LogP contribution in [0.4, 0.5) is 0 Å². The predicted molar refractivity (Wildman–Crippen MR) is 69.0 cm³/mol. The van der Waals surface area contributed by atoms with Gasteiger partial charge in [0, 0.05) is 31.7 Å². The topological polar surface area (TPSA) is 73.6 Å². The zero-order valence-electron chi connectivity index (χ0n) is 10.4. The molecule has 0 aliphatic heterocycles. The van der Waals surface area contributed by atoms with Gasteiger partial charge >= 0.3 is 0 Å². The molecule has 0 atom stereocenters. The molecule has 0 amide bonds. The van der Waals surface area contributed by atoms with Crippen LogP contribution in [0.1, 0.15) is 0 Å². The molecule has 0 saturated carbocycles. The first-order valence-corrected chi connectivity index (χ1v) is 6.64. The fraction of sp³-hybridized carbons (Fsp3) is 0.636. The van der Waals surface area contributed by atoms with Crippen LogP contribution in [0.25, 0.3) is 0 Å². The Labute approximate surface area is 110 Å². The summed E-state index contributed by atoms with van der Waals surface area (Å²) >= 11 is 1.47. The monoisotopic (exact) mass is 274 g/mol. The lowest BCUT2D eigenvalue weighted by Crippen LogP contribution is -2.16. The standard InChI is InChI=1S/C11H18N2O4S/c1-16-8-9-18-11-12-10(15)2-3-13(11)4-6-17-7-5-14/h2-3,14H,4-9H2,1H3. The summed E-state index contributed by atoms with van der Waals surface area (Å²) in [6.07, 6.45) is 1.70. The molecule has 0 bridgehead atoms. The van der Waals surface area contributed by atoms with Gasteiger partial charge < -0.3 is 19.1 Å². The maximum Gasteiger partial charge on any atom is 0.273 e. The van der Waals surface area contributed by atoms with Gasteiger partial charge in [-0.15, -0.1) is 0 Å². The lowest BCUT2D eigenvalue weighted by Gasteiger charge is -2.11. The van der Waals surface area contributed by atoms with Crippen molar-refractivity contribution in [1.29, 1.82) is 0 Å². The number of ether oxygens (including phenoxy) is 2. The minimum atomic E-state index is -0.248. The van der Waals surface area contributed by atoms with E-state index in [9.17, 15) is 4.79 Å². The molecule has 7 heteroatoms. The van der Waals surface area contributed by atoms with E-state index in [1.165, 1.54) is 17.8 Å². The van der Waals surface area contributed by atoms with Crippen molar-refractivity contribution in [2.45, 2.75) is 11.7 Å². The molecule has 0 radical (unpaired) electrons. The van der Waals surface area contributed by atoms with E-state index in [4.69, 9.17) is 14.6 Å². The van der Waals surface area contributed by atoms with Crippen LogP contribution in [-0.2, 0) is 16.0 Å². The summed E-state index contributed by atoms with van der Waals surface area (Å²) in [6.45, 7) is 2.01. The molecular weight excluding hydrogens is 256 g/mol. The number of hydrogen-bond donors (Lipinski definition) is 1.